The van der Waals surface area contributed by atoms with Crippen molar-refractivity contribution in [2.45, 2.75) is 13.5 Å². The maximum atomic E-state index is 12.7. The van der Waals surface area contributed by atoms with Gasteiger partial charge < -0.3 is 5.32 Å². The maximum absolute atomic E-state index is 12.7. The highest BCUT2D eigenvalue weighted by molar-refractivity contribution is 6.30. The number of nitrogens with one attached hydrogen (secondary N) is 1. The summed E-state index contributed by atoms with van der Waals surface area (Å²) >= 11 is 6.05. The molecule has 28 heavy (non-hydrogen) atoms. The van der Waals surface area contributed by atoms with Gasteiger partial charge in [0.2, 0.25) is 0 Å². The monoisotopic (exact) mass is 392 g/mol. The van der Waals surface area contributed by atoms with E-state index in [4.69, 9.17) is 11.6 Å². The van der Waals surface area contributed by atoms with E-state index in [2.05, 4.69) is 20.6 Å². The molecule has 0 fully saturated rings. The second-order valence-electron chi connectivity index (χ2n) is 6.17. The minimum absolute atomic E-state index is 0.228. The fourth-order valence-corrected chi connectivity index (χ4v) is 3.12. The van der Waals surface area contributed by atoms with Gasteiger partial charge in [0, 0.05) is 10.7 Å². The number of carbonyl (C=O) groups is 1. The Morgan fingerprint density at radius 3 is 2.68 bits per heavy atom. The molecule has 4 rings (SSSR count). The number of benzene rings is 2. The minimum Gasteiger partial charge on any atom is -0.345 e. The first-order valence-electron chi connectivity index (χ1n) is 8.66. The van der Waals surface area contributed by atoms with Gasteiger partial charge in [0.1, 0.15) is 6.33 Å². The predicted octanol–water partition coefficient (Wildman–Crippen LogP) is 3.34. The van der Waals surface area contributed by atoms with E-state index >= 15 is 0 Å². The Labute approximate surface area is 166 Å². The van der Waals surface area contributed by atoms with E-state index < -0.39 is 0 Å². The van der Waals surface area contributed by atoms with Crippen LogP contribution in [0.5, 0.6) is 0 Å². The van der Waals surface area contributed by atoms with Gasteiger partial charge in [-0.15, -0.1) is 10.2 Å². The quantitative estimate of drug-likeness (QED) is 0.565. The second-order valence-corrected chi connectivity index (χ2v) is 6.61. The van der Waals surface area contributed by atoms with Gasteiger partial charge in [-0.25, -0.2) is 4.68 Å². The molecule has 7 nitrogen and oxygen atoms in total. The molecule has 2 heterocycles. The predicted molar refractivity (Wildman–Crippen MR) is 106 cm³/mol. The van der Waals surface area contributed by atoms with Crippen molar-refractivity contribution in [3.63, 3.8) is 0 Å². The van der Waals surface area contributed by atoms with E-state index in [1.807, 2.05) is 54.0 Å². The van der Waals surface area contributed by atoms with Crippen molar-refractivity contribution in [2.24, 2.45) is 0 Å². The molecule has 0 atom stereocenters. The van der Waals surface area contributed by atoms with Crippen LogP contribution in [0.4, 0.5) is 0 Å². The molecule has 2 aromatic heterocycles. The molecule has 0 spiro atoms. The molecule has 0 aliphatic carbocycles. The van der Waals surface area contributed by atoms with E-state index in [0.29, 0.717) is 16.4 Å². The smallest absolute Gasteiger partial charge is 0.255 e. The average molecular weight is 393 g/mol. The number of carbonyl (C=O) groups excluding carboxylic acids is 1. The molecule has 0 aliphatic rings. The van der Waals surface area contributed by atoms with Crippen molar-refractivity contribution in [2.75, 3.05) is 0 Å². The van der Waals surface area contributed by atoms with Crippen LogP contribution in [0.2, 0.25) is 5.02 Å². The summed E-state index contributed by atoms with van der Waals surface area (Å²) in [4.78, 5) is 12.7. The van der Waals surface area contributed by atoms with Gasteiger partial charge in [0.15, 0.2) is 5.82 Å². The Balaban J connectivity index is 1.51. The fourth-order valence-electron chi connectivity index (χ4n) is 2.94. The zero-order valence-electron chi connectivity index (χ0n) is 15.1. The lowest BCUT2D eigenvalue weighted by molar-refractivity contribution is 0.0949. The van der Waals surface area contributed by atoms with Crippen LogP contribution in [0.15, 0.2) is 67.1 Å². The normalized spacial score (nSPS) is 10.8. The van der Waals surface area contributed by atoms with Gasteiger partial charge in [0.25, 0.3) is 5.91 Å². The number of rotatable bonds is 5. The highest BCUT2D eigenvalue weighted by atomic mass is 35.5. The molecular formula is C20H17ClN6O. The van der Waals surface area contributed by atoms with E-state index in [9.17, 15) is 4.79 Å². The zero-order valence-corrected chi connectivity index (χ0v) is 15.8. The van der Waals surface area contributed by atoms with Crippen LogP contribution < -0.4 is 5.32 Å². The molecule has 0 radical (unpaired) electrons. The molecule has 1 N–H and O–H groups in total. The summed E-state index contributed by atoms with van der Waals surface area (Å²) < 4.78 is 3.52. The van der Waals surface area contributed by atoms with Gasteiger partial charge in [-0.3, -0.25) is 9.36 Å². The lowest BCUT2D eigenvalue weighted by atomic mass is 10.2. The maximum Gasteiger partial charge on any atom is 0.255 e. The van der Waals surface area contributed by atoms with E-state index in [-0.39, 0.29) is 12.5 Å². The summed E-state index contributed by atoms with van der Waals surface area (Å²) in [6.07, 6.45) is 3.17. The van der Waals surface area contributed by atoms with Crippen LogP contribution in [-0.2, 0) is 6.54 Å². The zero-order chi connectivity index (χ0) is 19.5. The Hall–Kier alpha value is -3.45. The van der Waals surface area contributed by atoms with Gasteiger partial charge >= 0.3 is 0 Å². The molecule has 0 saturated heterocycles. The lowest BCUT2D eigenvalue weighted by Gasteiger charge is -2.08. The molecule has 0 aliphatic heterocycles. The first-order valence-corrected chi connectivity index (χ1v) is 9.04. The number of nitrogens with zero attached hydrogens (tertiary/aromatic N) is 5. The van der Waals surface area contributed by atoms with Crippen molar-refractivity contribution < 1.29 is 4.79 Å². The average Bonchev–Trinajstić information content (AvgIpc) is 3.33. The van der Waals surface area contributed by atoms with Crippen LogP contribution in [0.3, 0.4) is 0 Å². The fraction of sp³-hybridized carbons (Fsp3) is 0.100. The summed E-state index contributed by atoms with van der Waals surface area (Å²) in [5.74, 6) is 0.410. The van der Waals surface area contributed by atoms with Crippen LogP contribution in [0, 0.1) is 6.92 Å². The van der Waals surface area contributed by atoms with Crippen molar-refractivity contribution in [1.82, 2.24) is 29.9 Å². The van der Waals surface area contributed by atoms with E-state index in [1.54, 1.807) is 29.3 Å². The summed E-state index contributed by atoms with van der Waals surface area (Å²) in [6, 6.07) is 17.0. The highest BCUT2D eigenvalue weighted by Crippen LogP contribution is 2.18. The van der Waals surface area contributed by atoms with Gasteiger partial charge in [0.05, 0.1) is 29.7 Å². The first kappa shape index (κ1) is 17.9. The number of hydrogen-bond acceptors (Lipinski definition) is 4. The van der Waals surface area contributed by atoms with Gasteiger partial charge in [-0.2, -0.15) is 5.10 Å². The Kier molecular flexibility index (Phi) is 4.90. The molecule has 4 aromatic rings. The number of hydrogen-bond donors (Lipinski definition) is 1. The summed E-state index contributed by atoms with van der Waals surface area (Å²) in [5, 5.41) is 15.9. The summed E-state index contributed by atoms with van der Waals surface area (Å²) in [7, 11) is 0. The molecule has 2 aromatic carbocycles. The first-order chi connectivity index (χ1) is 13.6. The largest absolute Gasteiger partial charge is 0.345 e. The topological polar surface area (TPSA) is 77.6 Å². The van der Waals surface area contributed by atoms with Gasteiger partial charge in [-0.1, -0.05) is 35.9 Å². The van der Waals surface area contributed by atoms with Crippen molar-refractivity contribution in [3.05, 3.63) is 89.2 Å². The van der Waals surface area contributed by atoms with Gasteiger partial charge in [-0.05, 0) is 37.3 Å². The number of halogens is 1. The van der Waals surface area contributed by atoms with Crippen molar-refractivity contribution >= 4 is 17.5 Å². The number of aromatic nitrogens is 5. The van der Waals surface area contributed by atoms with Crippen LogP contribution in [-0.4, -0.2) is 30.5 Å². The Morgan fingerprint density at radius 2 is 1.89 bits per heavy atom. The number of amides is 1. The third-order valence-electron chi connectivity index (χ3n) is 4.37. The van der Waals surface area contributed by atoms with Crippen molar-refractivity contribution in [1.29, 1.82) is 0 Å². The summed E-state index contributed by atoms with van der Waals surface area (Å²) in [5.41, 5.74) is 2.95. The van der Waals surface area contributed by atoms with Crippen molar-refractivity contribution in [3.8, 4) is 11.4 Å². The SMILES string of the molecule is Cc1c(C(=O)NCc2nncn2-c2ccccc2)cnn1-c1cccc(Cl)c1. The third-order valence-corrected chi connectivity index (χ3v) is 4.60. The molecular weight excluding hydrogens is 376 g/mol. The van der Waals surface area contributed by atoms with E-state index in [1.165, 1.54) is 0 Å². The molecule has 8 heteroatoms. The highest BCUT2D eigenvalue weighted by Gasteiger charge is 2.16. The second kappa shape index (κ2) is 7.66. The number of para-hydroxylation sites is 1. The minimum atomic E-state index is -0.228. The molecule has 0 saturated carbocycles. The molecule has 140 valence electrons. The molecule has 1 amide bonds. The summed E-state index contributed by atoms with van der Waals surface area (Å²) in [6.45, 7) is 2.09. The standard InChI is InChI=1S/C20H17ClN6O/c1-14-18(11-24-27(14)17-9-5-6-15(21)10-17)20(28)22-12-19-25-23-13-26(19)16-7-3-2-4-8-16/h2-11,13H,12H2,1H3,(H,22,28). The third kappa shape index (κ3) is 3.52. The van der Waals surface area contributed by atoms with Crippen LogP contribution >= 0.6 is 11.6 Å². The van der Waals surface area contributed by atoms with E-state index in [0.717, 1.165) is 17.1 Å². The van der Waals surface area contributed by atoms with Crippen LogP contribution in [0.1, 0.15) is 21.9 Å². The molecule has 0 bridgehead atoms. The Morgan fingerprint density at radius 1 is 1.11 bits per heavy atom. The molecule has 0 unspecified atom stereocenters. The van der Waals surface area contributed by atoms with Crippen LogP contribution in [0.25, 0.3) is 11.4 Å². The Bertz CT molecular complexity index is 1120. The lowest BCUT2D eigenvalue weighted by Crippen LogP contribution is -2.25.